The number of hydrogen-bond acceptors (Lipinski definition) is 4. The van der Waals surface area contributed by atoms with Gasteiger partial charge in [0.1, 0.15) is 12.1 Å². The van der Waals surface area contributed by atoms with E-state index in [-0.39, 0.29) is 6.04 Å². The number of benzene rings is 1. The molecular weight excluding hydrogens is 360 g/mol. The van der Waals surface area contributed by atoms with E-state index in [1.54, 1.807) is 13.8 Å². The summed E-state index contributed by atoms with van der Waals surface area (Å²) in [5, 5.41) is 7.38. The number of aryl methyl sites for hydroxylation is 1. The summed E-state index contributed by atoms with van der Waals surface area (Å²) in [6, 6.07) is 6.07. The van der Waals surface area contributed by atoms with E-state index in [4.69, 9.17) is 0 Å². The van der Waals surface area contributed by atoms with Gasteiger partial charge < -0.3 is 10.6 Å². The van der Waals surface area contributed by atoms with Crippen molar-refractivity contribution in [2.45, 2.75) is 58.5 Å². The SMILES string of the molecule is CCCc1ccc([C@@]2(C)NC(=O)N(CC(=O)NC(=O)N[C@H](C)CC)C2=O)cc1. The van der Waals surface area contributed by atoms with Crippen molar-refractivity contribution in [2.24, 2.45) is 0 Å². The van der Waals surface area contributed by atoms with Crippen LogP contribution in [0, 0.1) is 0 Å². The normalized spacial score (nSPS) is 19.9. The second kappa shape index (κ2) is 8.86. The van der Waals surface area contributed by atoms with Crippen LogP contribution < -0.4 is 16.0 Å². The number of nitrogens with zero attached hydrogens (tertiary/aromatic N) is 1. The van der Waals surface area contributed by atoms with Gasteiger partial charge in [-0.3, -0.25) is 19.8 Å². The minimum atomic E-state index is -1.25. The summed E-state index contributed by atoms with van der Waals surface area (Å²) in [6.45, 7) is 6.87. The van der Waals surface area contributed by atoms with Crippen LogP contribution >= 0.6 is 0 Å². The monoisotopic (exact) mass is 388 g/mol. The van der Waals surface area contributed by atoms with Crippen LogP contribution in [-0.4, -0.2) is 41.4 Å². The van der Waals surface area contributed by atoms with E-state index in [1.165, 1.54) is 0 Å². The Kier molecular flexibility index (Phi) is 6.77. The fraction of sp³-hybridized carbons (Fsp3) is 0.500. The van der Waals surface area contributed by atoms with Crippen LogP contribution in [0.1, 0.15) is 51.7 Å². The summed E-state index contributed by atoms with van der Waals surface area (Å²) in [5.41, 5.74) is 0.541. The van der Waals surface area contributed by atoms with Crippen molar-refractivity contribution in [1.82, 2.24) is 20.9 Å². The molecule has 1 aromatic rings. The third-order valence-electron chi connectivity index (χ3n) is 4.89. The smallest absolute Gasteiger partial charge is 0.325 e. The van der Waals surface area contributed by atoms with Gasteiger partial charge in [-0.05, 0) is 37.8 Å². The Morgan fingerprint density at radius 2 is 1.82 bits per heavy atom. The van der Waals surface area contributed by atoms with E-state index in [9.17, 15) is 19.2 Å². The van der Waals surface area contributed by atoms with Crippen molar-refractivity contribution in [1.29, 1.82) is 0 Å². The van der Waals surface area contributed by atoms with Gasteiger partial charge in [0, 0.05) is 6.04 Å². The van der Waals surface area contributed by atoms with Crippen molar-refractivity contribution in [3.63, 3.8) is 0 Å². The van der Waals surface area contributed by atoms with Crippen molar-refractivity contribution in [2.75, 3.05) is 6.54 Å². The predicted molar refractivity (Wildman–Crippen MR) is 104 cm³/mol. The Hall–Kier alpha value is -2.90. The first kappa shape index (κ1) is 21.4. The van der Waals surface area contributed by atoms with Gasteiger partial charge in [0.2, 0.25) is 5.91 Å². The number of rotatable bonds is 7. The highest BCUT2D eigenvalue weighted by molar-refractivity contribution is 6.10. The zero-order chi connectivity index (χ0) is 20.9. The molecule has 8 nitrogen and oxygen atoms in total. The minimum Gasteiger partial charge on any atom is -0.335 e. The first-order chi connectivity index (χ1) is 13.2. The summed E-state index contributed by atoms with van der Waals surface area (Å²) in [5.74, 6) is -1.26. The molecule has 0 aliphatic carbocycles. The van der Waals surface area contributed by atoms with E-state index in [0.717, 1.165) is 23.3 Å². The average Bonchev–Trinajstić information content (AvgIpc) is 2.86. The molecule has 3 N–H and O–H groups in total. The molecule has 8 heteroatoms. The van der Waals surface area contributed by atoms with Gasteiger partial charge in [0.05, 0.1) is 0 Å². The Balaban J connectivity index is 2.06. The molecule has 0 bridgehead atoms. The maximum atomic E-state index is 12.9. The molecule has 2 rings (SSSR count). The fourth-order valence-electron chi connectivity index (χ4n) is 3.00. The number of urea groups is 2. The molecule has 1 heterocycles. The number of carbonyl (C=O) groups excluding carboxylic acids is 4. The van der Waals surface area contributed by atoms with Crippen molar-refractivity contribution < 1.29 is 19.2 Å². The molecule has 0 aromatic heterocycles. The van der Waals surface area contributed by atoms with Crippen molar-refractivity contribution in [3.8, 4) is 0 Å². The Morgan fingerprint density at radius 1 is 1.18 bits per heavy atom. The lowest BCUT2D eigenvalue weighted by Crippen LogP contribution is -2.48. The molecule has 0 radical (unpaired) electrons. The lowest BCUT2D eigenvalue weighted by atomic mass is 9.91. The maximum Gasteiger partial charge on any atom is 0.325 e. The maximum absolute atomic E-state index is 12.9. The van der Waals surface area contributed by atoms with E-state index < -0.39 is 36.0 Å². The summed E-state index contributed by atoms with van der Waals surface area (Å²) in [7, 11) is 0. The fourth-order valence-corrected chi connectivity index (χ4v) is 3.00. The third kappa shape index (κ3) is 4.68. The topological polar surface area (TPSA) is 108 Å². The summed E-state index contributed by atoms with van der Waals surface area (Å²) in [4.78, 5) is 49.8. The second-order valence-electron chi connectivity index (χ2n) is 7.22. The predicted octanol–water partition coefficient (Wildman–Crippen LogP) is 2.03. The second-order valence-corrected chi connectivity index (χ2v) is 7.22. The molecule has 1 saturated heterocycles. The first-order valence-electron chi connectivity index (χ1n) is 9.55. The highest BCUT2D eigenvalue weighted by Gasteiger charge is 2.49. The molecular formula is C20H28N4O4. The number of carbonyl (C=O) groups is 4. The number of imide groups is 2. The molecule has 6 amide bonds. The molecule has 1 aliphatic rings. The van der Waals surface area contributed by atoms with Gasteiger partial charge >= 0.3 is 12.1 Å². The molecule has 0 unspecified atom stereocenters. The average molecular weight is 388 g/mol. The molecule has 0 spiro atoms. The zero-order valence-corrected chi connectivity index (χ0v) is 16.8. The van der Waals surface area contributed by atoms with Gasteiger partial charge in [-0.2, -0.15) is 0 Å². The Bertz CT molecular complexity index is 762. The Morgan fingerprint density at radius 3 is 2.39 bits per heavy atom. The van der Waals surface area contributed by atoms with E-state index >= 15 is 0 Å². The highest BCUT2D eigenvalue weighted by Crippen LogP contribution is 2.29. The van der Waals surface area contributed by atoms with Gasteiger partial charge in [-0.25, -0.2) is 9.59 Å². The Labute approximate surface area is 165 Å². The van der Waals surface area contributed by atoms with E-state index in [1.807, 2.05) is 31.2 Å². The number of nitrogens with one attached hydrogen (secondary N) is 3. The van der Waals surface area contributed by atoms with Crippen LogP contribution in [-0.2, 0) is 21.5 Å². The summed E-state index contributed by atoms with van der Waals surface area (Å²) >= 11 is 0. The number of hydrogen-bond donors (Lipinski definition) is 3. The van der Waals surface area contributed by atoms with Crippen molar-refractivity contribution in [3.05, 3.63) is 35.4 Å². The zero-order valence-electron chi connectivity index (χ0n) is 16.8. The number of amides is 6. The van der Waals surface area contributed by atoms with Crippen LogP contribution in [0.25, 0.3) is 0 Å². The van der Waals surface area contributed by atoms with Crippen LogP contribution in [0.2, 0.25) is 0 Å². The van der Waals surface area contributed by atoms with Gasteiger partial charge in [0.25, 0.3) is 5.91 Å². The minimum absolute atomic E-state index is 0.0940. The molecule has 1 aromatic carbocycles. The molecule has 1 aliphatic heterocycles. The van der Waals surface area contributed by atoms with Gasteiger partial charge in [-0.15, -0.1) is 0 Å². The third-order valence-corrected chi connectivity index (χ3v) is 4.89. The summed E-state index contributed by atoms with van der Waals surface area (Å²) in [6.07, 6.45) is 2.66. The lowest BCUT2D eigenvalue weighted by molar-refractivity contribution is -0.134. The molecule has 0 saturated carbocycles. The van der Waals surface area contributed by atoms with Crippen LogP contribution in [0.5, 0.6) is 0 Å². The van der Waals surface area contributed by atoms with Crippen LogP contribution in [0.3, 0.4) is 0 Å². The highest BCUT2D eigenvalue weighted by atomic mass is 16.2. The van der Waals surface area contributed by atoms with Gasteiger partial charge in [0.15, 0.2) is 0 Å². The van der Waals surface area contributed by atoms with Gasteiger partial charge in [-0.1, -0.05) is 44.5 Å². The first-order valence-corrected chi connectivity index (χ1v) is 9.55. The van der Waals surface area contributed by atoms with Crippen molar-refractivity contribution >= 4 is 23.9 Å². The van der Waals surface area contributed by atoms with Crippen LogP contribution in [0.4, 0.5) is 9.59 Å². The summed E-state index contributed by atoms with van der Waals surface area (Å²) < 4.78 is 0. The van der Waals surface area contributed by atoms with E-state index in [0.29, 0.717) is 12.0 Å². The molecule has 28 heavy (non-hydrogen) atoms. The quantitative estimate of drug-likeness (QED) is 0.621. The molecule has 1 fully saturated rings. The molecule has 2 atom stereocenters. The van der Waals surface area contributed by atoms with E-state index in [2.05, 4.69) is 22.9 Å². The largest absolute Gasteiger partial charge is 0.335 e. The lowest BCUT2D eigenvalue weighted by Gasteiger charge is -2.22. The molecule has 152 valence electrons. The standard InChI is InChI=1S/C20H28N4O4/c1-5-7-14-8-10-15(11-9-14)20(4)17(26)24(19(28)23-20)12-16(25)22-18(27)21-13(3)6-2/h8-11,13H,5-7,12H2,1-4H3,(H,23,28)(H2,21,22,25,27)/t13-,20-/m1/s1. The van der Waals surface area contributed by atoms with Crippen LogP contribution in [0.15, 0.2) is 24.3 Å².